The Morgan fingerprint density at radius 1 is 1.11 bits per heavy atom. The van der Waals surface area contributed by atoms with E-state index in [0.717, 1.165) is 74.6 Å². The van der Waals surface area contributed by atoms with Gasteiger partial charge < -0.3 is 19.9 Å². The minimum atomic E-state index is -0.128. The summed E-state index contributed by atoms with van der Waals surface area (Å²) in [5.74, 6) is 1.61. The van der Waals surface area contributed by atoms with Crippen LogP contribution in [-0.4, -0.2) is 37.3 Å². The molecule has 7 nitrogen and oxygen atoms in total. The fraction of sp³-hybridized carbons (Fsp3) is 0.737. The standard InChI is InChI=1S/C19H34N4O3.HI/c1-5-16-15(17(6-2)26-23-16)14-22-19(20-7-3)21-13-11-9-8-10-12-18(24)25-4;/h5-14H2,1-4H3,(H2,20,21,22);1H. The van der Waals surface area contributed by atoms with E-state index in [1.165, 1.54) is 7.11 Å². The van der Waals surface area contributed by atoms with E-state index < -0.39 is 0 Å². The van der Waals surface area contributed by atoms with Crippen molar-refractivity contribution in [3.8, 4) is 0 Å². The molecule has 2 N–H and O–H groups in total. The molecule has 0 saturated heterocycles. The summed E-state index contributed by atoms with van der Waals surface area (Å²) in [5.41, 5.74) is 2.10. The maximum atomic E-state index is 11.1. The van der Waals surface area contributed by atoms with Gasteiger partial charge in [-0.05, 0) is 26.2 Å². The third-order valence-corrected chi connectivity index (χ3v) is 4.17. The van der Waals surface area contributed by atoms with Crippen molar-refractivity contribution in [3.05, 3.63) is 17.0 Å². The quantitative estimate of drug-likeness (QED) is 0.152. The Morgan fingerprint density at radius 3 is 2.48 bits per heavy atom. The van der Waals surface area contributed by atoms with E-state index >= 15 is 0 Å². The van der Waals surface area contributed by atoms with Crippen LogP contribution in [0.2, 0.25) is 0 Å². The molecule has 0 unspecified atom stereocenters. The van der Waals surface area contributed by atoms with Gasteiger partial charge in [0.15, 0.2) is 5.96 Å². The van der Waals surface area contributed by atoms with E-state index in [4.69, 9.17) is 4.52 Å². The number of rotatable bonds is 12. The summed E-state index contributed by atoms with van der Waals surface area (Å²) in [7, 11) is 1.43. The third kappa shape index (κ3) is 9.97. The van der Waals surface area contributed by atoms with Crippen molar-refractivity contribution >= 4 is 35.9 Å². The van der Waals surface area contributed by atoms with Crippen molar-refractivity contribution in [2.75, 3.05) is 20.2 Å². The molecule has 1 aromatic heterocycles. The number of ether oxygens (including phenoxy) is 1. The van der Waals surface area contributed by atoms with Crippen molar-refractivity contribution < 1.29 is 14.1 Å². The molecular formula is C19H35IN4O3. The van der Waals surface area contributed by atoms with Crippen LogP contribution in [-0.2, 0) is 28.9 Å². The smallest absolute Gasteiger partial charge is 0.305 e. The second-order valence-electron chi connectivity index (χ2n) is 6.10. The number of unbranched alkanes of at least 4 members (excludes halogenated alkanes) is 3. The number of esters is 1. The van der Waals surface area contributed by atoms with Crippen LogP contribution in [0.3, 0.4) is 0 Å². The Labute approximate surface area is 180 Å². The molecule has 1 aromatic rings. The number of aromatic nitrogens is 1. The average Bonchev–Trinajstić information content (AvgIpc) is 3.06. The first-order valence-electron chi connectivity index (χ1n) is 9.71. The summed E-state index contributed by atoms with van der Waals surface area (Å²) in [5, 5.41) is 10.8. The summed E-state index contributed by atoms with van der Waals surface area (Å²) in [4.78, 5) is 15.7. The summed E-state index contributed by atoms with van der Waals surface area (Å²) in [6, 6.07) is 0. The van der Waals surface area contributed by atoms with Gasteiger partial charge in [-0.2, -0.15) is 0 Å². The fourth-order valence-electron chi connectivity index (χ4n) is 2.67. The summed E-state index contributed by atoms with van der Waals surface area (Å²) in [6.07, 6.45) is 6.22. The highest BCUT2D eigenvalue weighted by atomic mass is 127. The van der Waals surface area contributed by atoms with Gasteiger partial charge >= 0.3 is 5.97 Å². The van der Waals surface area contributed by atoms with Gasteiger partial charge in [0.1, 0.15) is 5.76 Å². The highest BCUT2D eigenvalue weighted by molar-refractivity contribution is 14.0. The number of hydrogen-bond donors (Lipinski definition) is 2. The molecule has 156 valence electrons. The minimum absolute atomic E-state index is 0. The highest BCUT2D eigenvalue weighted by Gasteiger charge is 2.13. The van der Waals surface area contributed by atoms with Crippen molar-refractivity contribution in [1.29, 1.82) is 0 Å². The lowest BCUT2D eigenvalue weighted by molar-refractivity contribution is -0.140. The highest BCUT2D eigenvalue weighted by Crippen LogP contribution is 2.16. The first-order chi connectivity index (χ1) is 12.7. The molecule has 0 aliphatic carbocycles. The number of aliphatic imine (C=N–C) groups is 1. The number of halogens is 1. The van der Waals surface area contributed by atoms with E-state index in [1.807, 2.05) is 0 Å². The molecule has 1 rings (SSSR count). The number of aryl methyl sites for hydroxylation is 2. The Bertz CT molecular complexity index is 540. The summed E-state index contributed by atoms with van der Waals surface area (Å²) < 4.78 is 10.0. The summed E-state index contributed by atoms with van der Waals surface area (Å²) >= 11 is 0. The van der Waals surface area contributed by atoms with Crippen molar-refractivity contribution in [2.24, 2.45) is 4.99 Å². The van der Waals surface area contributed by atoms with Crippen LogP contribution in [0.5, 0.6) is 0 Å². The van der Waals surface area contributed by atoms with Gasteiger partial charge in [0, 0.05) is 31.5 Å². The first-order valence-corrected chi connectivity index (χ1v) is 9.71. The van der Waals surface area contributed by atoms with Crippen LogP contribution < -0.4 is 10.6 Å². The lowest BCUT2D eigenvalue weighted by Gasteiger charge is -2.11. The Morgan fingerprint density at radius 2 is 1.85 bits per heavy atom. The molecule has 0 radical (unpaired) electrons. The zero-order chi connectivity index (χ0) is 19.2. The predicted molar refractivity (Wildman–Crippen MR) is 119 cm³/mol. The zero-order valence-corrected chi connectivity index (χ0v) is 19.4. The van der Waals surface area contributed by atoms with Crippen LogP contribution in [0.25, 0.3) is 0 Å². The van der Waals surface area contributed by atoms with Crippen LogP contribution in [0.1, 0.15) is 69.9 Å². The molecule has 0 amide bonds. The van der Waals surface area contributed by atoms with Crippen LogP contribution in [0.4, 0.5) is 0 Å². The monoisotopic (exact) mass is 494 g/mol. The molecule has 0 bridgehead atoms. The number of carbonyl (C=O) groups is 1. The van der Waals surface area contributed by atoms with Gasteiger partial charge in [0.05, 0.1) is 19.3 Å². The average molecular weight is 494 g/mol. The Kier molecular flexibility index (Phi) is 14.9. The van der Waals surface area contributed by atoms with Gasteiger partial charge in [0.25, 0.3) is 0 Å². The van der Waals surface area contributed by atoms with Gasteiger partial charge in [-0.1, -0.05) is 31.8 Å². The normalized spacial score (nSPS) is 11.0. The molecule has 0 fully saturated rings. The predicted octanol–water partition coefficient (Wildman–Crippen LogP) is 3.60. The molecule has 0 aromatic carbocycles. The topological polar surface area (TPSA) is 88.8 Å². The molecule has 0 spiro atoms. The Hall–Kier alpha value is -1.32. The van der Waals surface area contributed by atoms with Crippen LogP contribution in [0.15, 0.2) is 9.52 Å². The van der Waals surface area contributed by atoms with Crippen molar-refractivity contribution in [1.82, 2.24) is 15.8 Å². The first kappa shape index (κ1) is 25.7. The summed E-state index contributed by atoms with van der Waals surface area (Å²) in [6.45, 7) is 8.44. The largest absolute Gasteiger partial charge is 0.469 e. The Balaban J connectivity index is 0.00000676. The SMILES string of the molecule is CCNC(=NCc1c(CC)noc1CC)NCCCCCCC(=O)OC.I. The number of guanidine groups is 1. The second-order valence-corrected chi connectivity index (χ2v) is 6.10. The van der Waals surface area contributed by atoms with E-state index in [0.29, 0.717) is 13.0 Å². The maximum absolute atomic E-state index is 11.1. The van der Waals surface area contributed by atoms with Crippen LogP contribution in [0, 0.1) is 0 Å². The van der Waals surface area contributed by atoms with E-state index in [-0.39, 0.29) is 29.9 Å². The lowest BCUT2D eigenvalue weighted by atomic mass is 10.1. The number of nitrogens with zero attached hydrogens (tertiary/aromatic N) is 2. The van der Waals surface area contributed by atoms with Crippen molar-refractivity contribution in [2.45, 2.75) is 72.3 Å². The molecule has 0 atom stereocenters. The molecular weight excluding hydrogens is 459 g/mol. The number of methoxy groups -OCH3 is 1. The molecule has 0 aliphatic heterocycles. The van der Waals surface area contributed by atoms with Gasteiger partial charge in [-0.25, -0.2) is 4.99 Å². The lowest BCUT2D eigenvalue weighted by Crippen LogP contribution is -2.37. The third-order valence-electron chi connectivity index (χ3n) is 4.17. The van der Waals surface area contributed by atoms with E-state index in [2.05, 4.69) is 46.3 Å². The number of carbonyl (C=O) groups excluding carboxylic acids is 1. The molecule has 0 saturated carbocycles. The molecule has 8 heteroatoms. The molecule has 1 heterocycles. The van der Waals surface area contributed by atoms with E-state index in [1.54, 1.807) is 0 Å². The minimum Gasteiger partial charge on any atom is -0.469 e. The van der Waals surface area contributed by atoms with Gasteiger partial charge in [-0.15, -0.1) is 24.0 Å². The van der Waals surface area contributed by atoms with Gasteiger partial charge in [0.2, 0.25) is 0 Å². The number of hydrogen-bond acceptors (Lipinski definition) is 5. The molecule has 27 heavy (non-hydrogen) atoms. The zero-order valence-electron chi connectivity index (χ0n) is 17.1. The molecule has 0 aliphatic rings. The van der Waals surface area contributed by atoms with E-state index in [9.17, 15) is 4.79 Å². The van der Waals surface area contributed by atoms with Crippen LogP contribution >= 0.6 is 24.0 Å². The number of nitrogens with one attached hydrogen (secondary N) is 2. The van der Waals surface area contributed by atoms with Gasteiger partial charge in [-0.3, -0.25) is 4.79 Å². The maximum Gasteiger partial charge on any atom is 0.305 e. The second kappa shape index (κ2) is 15.7. The fourth-order valence-corrected chi connectivity index (χ4v) is 2.67. The van der Waals surface area contributed by atoms with Crippen molar-refractivity contribution in [3.63, 3.8) is 0 Å².